The monoisotopic (exact) mass is 346 g/mol. The van der Waals surface area contributed by atoms with Crippen LogP contribution in [0.5, 0.6) is 11.5 Å². The van der Waals surface area contributed by atoms with Crippen LogP contribution in [0.25, 0.3) is 0 Å². The van der Waals surface area contributed by atoms with Crippen LogP contribution in [-0.2, 0) is 16.4 Å². The molecule has 2 aromatic rings. The molecular weight excluding hydrogens is 328 g/mol. The highest BCUT2D eigenvalue weighted by Crippen LogP contribution is 2.36. The molecular formula is C17H18N2O4S. The lowest BCUT2D eigenvalue weighted by molar-refractivity contribution is 0.171. The van der Waals surface area contributed by atoms with Crippen molar-refractivity contribution in [3.05, 3.63) is 48.0 Å². The maximum atomic E-state index is 13.2. The average molecular weight is 346 g/mol. The molecule has 0 saturated carbocycles. The SMILES string of the molecule is NC1Cc2ccccc2N(S(=O)(=O)c2ccc3c(c2)OCCO3)C1. The fraction of sp³-hybridized carbons (Fsp3) is 0.294. The predicted octanol–water partition coefficient (Wildman–Crippen LogP) is 1.54. The zero-order valence-corrected chi connectivity index (χ0v) is 13.8. The van der Waals surface area contributed by atoms with E-state index in [0.717, 1.165) is 5.56 Å². The van der Waals surface area contributed by atoms with E-state index in [0.29, 0.717) is 36.8 Å². The van der Waals surface area contributed by atoms with Gasteiger partial charge in [-0.15, -0.1) is 0 Å². The normalized spacial score (nSPS) is 19.7. The highest BCUT2D eigenvalue weighted by Gasteiger charge is 2.32. The molecule has 1 unspecified atom stereocenters. The number of hydrogen-bond acceptors (Lipinski definition) is 5. The molecule has 0 aromatic heterocycles. The Hall–Kier alpha value is -2.25. The number of anilines is 1. The van der Waals surface area contributed by atoms with Crippen LogP contribution in [0.3, 0.4) is 0 Å². The third-order valence-electron chi connectivity index (χ3n) is 4.24. The summed E-state index contributed by atoms with van der Waals surface area (Å²) >= 11 is 0. The first-order chi connectivity index (χ1) is 11.6. The number of rotatable bonds is 2. The number of sulfonamides is 1. The Labute approximate surface area is 140 Å². The van der Waals surface area contributed by atoms with Gasteiger partial charge in [0, 0.05) is 18.7 Å². The molecule has 0 amide bonds. The summed E-state index contributed by atoms with van der Waals surface area (Å²) in [6.07, 6.45) is 0.670. The summed E-state index contributed by atoms with van der Waals surface area (Å²) in [4.78, 5) is 0.177. The molecule has 0 radical (unpaired) electrons. The second kappa shape index (κ2) is 5.68. The first kappa shape index (κ1) is 15.3. The average Bonchev–Trinajstić information content (AvgIpc) is 2.60. The lowest BCUT2D eigenvalue weighted by atomic mass is 10.0. The summed E-state index contributed by atoms with van der Waals surface area (Å²) in [6.45, 7) is 1.13. The van der Waals surface area contributed by atoms with Gasteiger partial charge < -0.3 is 15.2 Å². The standard InChI is InChI=1S/C17H18N2O4S/c18-13-9-12-3-1-2-4-15(12)19(11-13)24(20,21)14-5-6-16-17(10-14)23-8-7-22-16/h1-6,10,13H,7-9,11,18H2. The van der Waals surface area contributed by atoms with E-state index < -0.39 is 10.0 Å². The van der Waals surface area contributed by atoms with Crippen LogP contribution in [0.1, 0.15) is 5.56 Å². The first-order valence-corrected chi connectivity index (χ1v) is 9.25. The van der Waals surface area contributed by atoms with Crippen molar-refractivity contribution in [2.24, 2.45) is 5.73 Å². The van der Waals surface area contributed by atoms with Crippen LogP contribution in [0.15, 0.2) is 47.4 Å². The van der Waals surface area contributed by atoms with E-state index in [9.17, 15) is 8.42 Å². The van der Waals surface area contributed by atoms with Crippen molar-refractivity contribution in [2.75, 3.05) is 24.1 Å². The highest BCUT2D eigenvalue weighted by molar-refractivity contribution is 7.92. The first-order valence-electron chi connectivity index (χ1n) is 7.81. The maximum Gasteiger partial charge on any atom is 0.264 e. The summed E-state index contributed by atoms with van der Waals surface area (Å²) in [5.74, 6) is 1.02. The van der Waals surface area contributed by atoms with E-state index in [2.05, 4.69) is 0 Å². The number of nitrogens with two attached hydrogens (primary N) is 1. The molecule has 0 saturated heterocycles. The Morgan fingerprint density at radius 2 is 1.79 bits per heavy atom. The van der Waals surface area contributed by atoms with Gasteiger partial charge in [-0.05, 0) is 30.2 Å². The number of fused-ring (bicyclic) bond motifs is 2. The van der Waals surface area contributed by atoms with Crippen molar-refractivity contribution in [3.63, 3.8) is 0 Å². The number of hydrogen-bond donors (Lipinski definition) is 1. The van der Waals surface area contributed by atoms with Gasteiger partial charge in [0.05, 0.1) is 10.6 Å². The van der Waals surface area contributed by atoms with Crippen LogP contribution in [0, 0.1) is 0 Å². The minimum absolute atomic E-state index is 0.177. The Morgan fingerprint density at radius 1 is 1.04 bits per heavy atom. The van der Waals surface area contributed by atoms with Gasteiger partial charge in [0.1, 0.15) is 13.2 Å². The number of para-hydroxylation sites is 1. The molecule has 2 heterocycles. The molecule has 0 fully saturated rings. The van der Waals surface area contributed by atoms with Gasteiger partial charge in [-0.3, -0.25) is 4.31 Å². The number of nitrogens with zero attached hydrogens (tertiary/aromatic N) is 1. The Morgan fingerprint density at radius 3 is 2.62 bits per heavy atom. The molecule has 1 atom stereocenters. The van der Waals surface area contributed by atoms with Gasteiger partial charge in [-0.25, -0.2) is 8.42 Å². The third-order valence-corrected chi connectivity index (χ3v) is 6.02. The summed E-state index contributed by atoms with van der Waals surface area (Å²) in [5.41, 5.74) is 7.71. The van der Waals surface area contributed by atoms with E-state index in [1.807, 2.05) is 24.3 Å². The lowest BCUT2D eigenvalue weighted by Gasteiger charge is -2.33. The molecule has 0 bridgehead atoms. The van der Waals surface area contributed by atoms with Crippen LogP contribution in [-0.4, -0.2) is 34.2 Å². The largest absolute Gasteiger partial charge is 0.486 e. The quantitative estimate of drug-likeness (QED) is 0.892. The van der Waals surface area contributed by atoms with E-state index in [4.69, 9.17) is 15.2 Å². The van der Waals surface area contributed by atoms with E-state index in [-0.39, 0.29) is 17.5 Å². The van der Waals surface area contributed by atoms with Gasteiger partial charge >= 0.3 is 0 Å². The summed E-state index contributed by atoms with van der Waals surface area (Å²) < 4.78 is 38.7. The second-order valence-electron chi connectivity index (χ2n) is 5.93. The minimum atomic E-state index is -3.72. The molecule has 2 aliphatic heterocycles. The molecule has 7 heteroatoms. The van der Waals surface area contributed by atoms with Crippen molar-refractivity contribution >= 4 is 15.7 Å². The summed E-state index contributed by atoms with van der Waals surface area (Å²) in [5, 5.41) is 0. The van der Waals surface area contributed by atoms with Gasteiger partial charge in [-0.1, -0.05) is 18.2 Å². The smallest absolute Gasteiger partial charge is 0.264 e. The number of ether oxygens (including phenoxy) is 2. The third kappa shape index (κ3) is 2.50. The van der Waals surface area contributed by atoms with Crippen molar-refractivity contribution in [2.45, 2.75) is 17.4 Å². The molecule has 0 spiro atoms. The van der Waals surface area contributed by atoms with Crippen molar-refractivity contribution in [1.29, 1.82) is 0 Å². The van der Waals surface area contributed by atoms with E-state index in [1.54, 1.807) is 12.1 Å². The second-order valence-corrected chi connectivity index (χ2v) is 7.80. The Kier molecular flexibility index (Phi) is 3.62. The molecule has 6 nitrogen and oxygen atoms in total. The van der Waals surface area contributed by atoms with Crippen LogP contribution < -0.4 is 19.5 Å². The Bertz CT molecular complexity index is 882. The molecule has 2 aliphatic rings. The van der Waals surface area contributed by atoms with Gasteiger partial charge in [-0.2, -0.15) is 0 Å². The highest BCUT2D eigenvalue weighted by atomic mass is 32.2. The Balaban J connectivity index is 1.78. The summed E-state index contributed by atoms with van der Waals surface area (Å²) in [6, 6.07) is 11.9. The topological polar surface area (TPSA) is 81.9 Å². The van der Waals surface area contributed by atoms with E-state index in [1.165, 1.54) is 10.4 Å². The fourth-order valence-electron chi connectivity index (χ4n) is 3.12. The number of benzene rings is 2. The van der Waals surface area contributed by atoms with Gasteiger partial charge in [0.15, 0.2) is 11.5 Å². The molecule has 4 rings (SSSR count). The van der Waals surface area contributed by atoms with E-state index >= 15 is 0 Å². The molecule has 2 aromatic carbocycles. The lowest BCUT2D eigenvalue weighted by Crippen LogP contribution is -2.46. The molecule has 0 aliphatic carbocycles. The van der Waals surface area contributed by atoms with Crippen molar-refractivity contribution in [3.8, 4) is 11.5 Å². The zero-order chi connectivity index (χ0) is 16.7. The molecule has 126 valence electrons. The van der Waals surface area contributed by atoms with Gasteiger partial charge in [0.25, 0.3) is 10.0 Å². The van der Waals surface area contributed by atoms with Crippen LogP contribution >= 0.6 is 0 Å². The maximum absolute atomic E-state index is 13.2. The zero-order valence-electron chi connectivity index (χ0n) is 13.0. The minimum Gasteiger partial charge on any atom is -0.486 e. The summed E-state index contributed by atoms with van der Waals surface area (Å²) in [7, 11) is -3.72. The molecule has 24 heavy (non-hydrogen) atoms. The van der Waals surface area contributed by atoms with Crippen LogP contribution in [0.4, 0.5) is 5.69 Å². The van der Waals surface area contributed by atoms with Crippen LogP contribution in [0.2, 0.25) is 0 Å². The predicted molar refractivity (Wildman–Crippen MR) is 90.1 cm³/mol. The van der Waals surface area contributed by atoms with Crippen molar-refractivity contribution in [1.82, 2.24) is 0 Å². The van der Waals surface area contributed by atoms with Crippen molar-refractivity contribution < 1.29 is 17.9 Å². The molecule has 2 N–H and O–H groups in total. The van der Waals surface area contributed by atoms with Gasteiger partial charge in [0.2, 0.25) is 0 Å². The fourth-order valence-corrected chi connectivity index (χ4v) is 4.70.